The molecule has 0 aromatic heterocycles. The van der Waals surface area contributed by atoms with Gasteiger partial charge >= 0.3 is 0 Å². The number of rotatable bonds is 5. The first-order chi connectivity index (χ1) is 9.09. The fraction of sp³-hybridized carbons (Fsp3) is 0.462. The molecule has 1 amide bonds. The number of hydrogen-bond acceptors (Lipinski definition) is 4. The highest BCUT2D eigenvalue weighted by Gasteiger charge is 2.25. The van der Waals surface area contributed by atoms with Crippen molar-refractivity contribution in [3.05, 3.63) is 29.8 Å². The minimum Gasteiger partial charge on any atom is -0.345 e. The van der Waals surface area contributed by atoms with E-state index in [-0.39, 0.29) is 29.8 Å². The van der Waals surface area contributed by atoms with Gasteiger partial charge in [-0.25, -0.2) is 13.1 Å². The number of nitrogens with one attached hydrogen (secondary N) is 1. The molecule has 0 saturated heterocycles. The van der Waals surface area contributed by atoms with Crippen LogP contribution in [0.4, 0.5) is 0 Å². The summed E-state index contributed by atoms with van der Waals surface area (Å²) in [6, 6.07) is 5.93. The zero-order valence-electron chi connectivity index (χ0n) is 12.6. The lowest BCUT2D eigenvalue weighted by Crippen LogP contribution is -2.48. The number of hydrogen-bond donors (Lipinski definition) is 2. The lowest BCUT2D eigenvalue weighted by molar-refractivity contribution is 0.0827. The Kier molecular flexibility index (Phi) is 6.82. The van der Waals surface area contributed by atoms with Crippen molar-refractivity contribution in [3.8, 4) is 0 Å². The van der Waals surface area contributed by atoms with Crippen LogP contribution in [0.5, 0.6) is 0 Å². The maximum atomic E-state index is 12.3. The Bertz CT molecular complexity index is 600. The van der Waals surface area contributed by atoms with E-state index in [0.29, 0.717) is 5.56 Å². The third-order valence-corrected chi connectivity index (χ3v) is 4.41. The second-order valence-corrected chi connectivity index (χ2v) is 7.10. The molecule has 0 fully saturated rings. The normalized spacial score (nSPS) is 11.7. The van der Waals surface area contributed by atoms with E-state index in [4.69, 9.17) is 5.73 Å². The Morgan fingerprint density at radius 1 is 1.33 bits per heavy atom. The molecular formula is C13H22ClN3O3S. The Morgan fingerprint density at radius 3 is 2.38 bits per heavy atom. The van der Waals surface area contributed by atoms with Gasteiger partial charge in [-0.15, -0.1) is 12.4 Å². The summed E-state index contributed by atoms with van der Waals surface area (Å²) in [4.78, 5) is 13.3. The number of sulfonamides is 1. The van der Waals surface area contributed by atoms with Gasteiger partial charge in [0.2, 0.25) is 10.0 Å². The van der Waals surface area contributed by atoms with Gasteiger partial charge in [0.15, 0.2) is 0 Å². The summed E-state index contributed by atoms with van der Waals surface area (Å²) in [5, 5.41) is 0. The second-order valence-electron chi connectivity index (χ2n) is 5.42. The van der Waals surface area contributed by atoms with Crippen molar-refractivity contribution >= 4 is 28.3 Å². The Hall–Kier alpha value is -1.15. The van der Waals surface area contributed by atoms with Crippen LogP contribution in [0.15, 0.2) is 29.2 Å². The van der Waals surface area contributed by atoms with E-state index in [1.54, 1.807) is 40.1 Å². The molecule has 21 heavy (non-hydrogen) atoms. The molecule has 1 rings (SSSR count). The van der Waals surface area contributed by atoms with Gasteiger partial charge in [-0.3, -0.25) is 4.79 Å². The summed E-state index contributed by atoms with van der Waals surface area (Å²) in [6.45, 7) is 3.56. The monoisotopic (exact) mass is 335 g/mol. The fourth-order valence-corrected chi connectivity index (χ4v) is 2.99. The van der Waals surface area contributed by atoms with E-state index in [1.165, 1.54) is 17.0 Å². The van der Waals surface area contributed by atoms with Gasteiger partial charge in [0, 0.05) is 31.7 Å². The first-order valence-corrected chi connectivity index (χ1v) is 7.63. The largest absolute Gasteiger partial charge is 0.345 e. The van der Waals surface area contributed by atoms with Crippen LogP contribution >= 0.6 is 12.4 Å². The van der Waals surface area contributed by atoms with Crippen LogP contribution in [-0.2, 0) is 10.0 Å². The zero-order chi connectivity index (χ0) is 15.6. The molecular weight excluding hydrogens is 314 g/mol. The minimum absolute atomic E-state index is 0. The Balaban J connectivity index is 0.00000400. The number of nitrogens with two attached hydrogens (primary N) is 1. The predicted octanol–water partition coefficient (Wildman–Crippen LogP) is 0.826. The van der Waals surface area contributed by atoms with Crippen molar-refractivity contribution in [2.75, 3.05) is 20.6 Å². The Morgan fingerprint density at radius 2 is 1.90 bits per heavy atom. The first kappa shape index (κ1) is 19.9. The molecule has 0 unspecified atom stereocenters. The molecule has 1 aromatic rings. The van der Waals surface area contributed by atoms with E-state index in [9.17, 15) is 13.2 Å². The molecule has 3 N–H and O–H groups in total. The first-order valence-electron chi connectivity index (χ1n) is 6.15. The maximum Gasteiger partial charge on any atom is 0.253 e. The van der Waals surface area contributed by atoms with Gasteiger partial charge in [0.05, 0.1) is 4.90 Å². The Labute approximate surface area is 132 Å². The number of carbonyl (C=O) groups is 1. The second kappa shape index (κ2) is 7.22. The number of benzene rings is 1. The van der Waals surface area contributed by atoms with Crippen molar-refractivity contribution in [2.45, 2.75) is 24.3 Å². The van der Waals surface area contributed by atoms with Crippen molar-refractivity contribution < 1.29 is 13.2 Å². The SMILES string of the molecule is CN(C)C(=O)c1cccc(S(=O)(=O)NC(C)(C)CN)c1.Cl. The predicted molar refractivity (Wildman–Crippen MR) is 85.2 cm³/mol. The lowest BCUT2D eigenvalue weighted by Gasteiger charge is -2.24. The van der Waals surface area contributed by atoms with Gasteiger partial charge in [0.1, 0.15) is 0 Å². The molecule has 0 aliphatic carbocycles. The van der Waals surface area contributed by atoms with E-state index in [2.05, 4.69) is 4.72 Å². The van der Waals surface area contributed by atoms with Crippen LogP contribution in [0.25, 0.3) is 0 Å². The topological polar surface area (TPSA) is 92.5 Å². The quantitative estimate of drug-likeness (QED) is 0.833. The van der Waals surface area contributed by atoms with E-state index < -0.39 is 15.6 Å². The van der Waals surface area contributed by atoms with Gasteiger partial charge in [-0.1, -0.05) is 6.07 Å². The maximum absolute atomic E-state index is 12.3. The van der Waals surface area contributed by atoms with E-state index in [0.717, 1.165) is 0 Å². The van der Waals surface area contributed by atoms with Crippen molar-refractivity contribution in [1.29, 1.82) is 0 Å². The van der Waals surface area contributed by atoms with Crippen LogP contribution in [0, 0.1) is 0 Å². The van der Waals surface area contributed by atoms with Crippen molar-refractivity contribution in [2.24, 2.45) is 5.73 Å². The molecule has 0 heterocycles. The third kappa shape index (κ3) is 5.28. The molecule has 1 aromatic carbocycles. The molecule has 8 heteroatoms. The standard InChI is InChI=1S/C13H21N3O3S.ClH/c1-13(2,9-14)15-20(18,19)11-7-5-6-10(8-11)12(17)16(3)4;/h5-8,15H,9,14H2,1-4H3;1H. The minimum atomic E-state index is -3.71. The molecule has 0 spiro atoms. The number of amides is 1. The summed E-state index contributed by atoms with van der Waals surface area (Å²) >= 11 is 0. The smallest absolute Gasteiger partial charge is 0.253 e. The number of halogens is 1. The highest BCUT2D eigenvalue weighted by molar-refractivity contribution is 7.89. The molecule has 6 nitrogen and oxygen atoms in total. The molecule has 0 bridgehead atoms. The lowest BCUT2D eigenvalue weighted by atomic mass is 10.1. The molecule has 0 radical (unpaired) electrons. The average molecular weight is 336 g/mol. The van der Waals surface area contributed by atoms with Crippen LogP contribution < -0.4 is 10.5 Å². The van der Waals surface area contributed by atoms with E-state index >= 15 is 0 Å². The van der Waals surface area contributed by atoms with Crippen LogP contribution in [0.1, 0.15) is 24.2 Å². The van der Waals surface area contributed by atoms with Crippen molar-refractivity contribution in [3.63, 3.8) is 0 Å². The highest BCUT2D eigenvalue weighted by Crippen LogP contribution is 2.15. The zero-order valence-corrected chi connectivity index (χ0v) is 14.2. The summed E-state index contributed by atoms with van der Waals surface area (Å²) < 4.78 is 27.0. The molecule has 0 saturated carbocycles. The molecule has 0 atom stereocenters. The third-order valence-electron chi connectivity index (χ3n) is 2.72. The molecule has 0 aliphatic heterocycles. The van der Waals surface area contributed by atoms with Crippen LogP contribution in [-0.4, -0.2) is 45.4 Å². The summed E-state index contributed by atoms with van der Waals surface area (Å²) in [5.41, 5.74) is 5.09. The van der Waals surface area contributed by atoms with E-state index in [1.807, 2.05) is 0 Å². The van der Waals surface area contributed by atoms with Gasteiger partial charge < -0.3 is 10.6 Å². The van der Waals surface area contributed by atoms with Gasteiger partial charge in [-0.05, 0) is 32.0 Å². The van der Waals surface area contributed by atoms with Gasteiger partial charge in [0.25, 0.3) is 5.91 Å². The summed E-state index contributed by atoms with van der Waals surface area (Å²) in [6.07, 6.45) is 0. The highest BCUT2D eigenvalue weighted by atomic mass is 35.5. The molecule has 0 aliphatic rings. The summed E-state index contributed by atoms with van der Waals surface area (Å²) in [5.74, 6) is -0.250. The summed E-state index contributed by atoms with van der Waals surface area (Å²) in [7, 11) is -0.492. The number of nitrogens with zero attached hydrogens (tertiary/aromatic N) is 1. The average Bonchev–Trinajstić information content (AvgIpc) is 2.36. The number of carbonyl (C=O) groups excluding carboxylic acids is 1. The van der Waals surface area contributed by atoms with Crippen molar-refractivity contribution in [1.82, 2.24) is 9.62 Å². The fourth-order valence-electron chi connectivity index (χ4n) is 1.52. The van der Waals surface area contributed by atoms with Crippen LogP contribution in [0.3, 0.4) is 0 Å². The van der Waals surface area contributed by atoms with Gasteiger partial charge in [-0.2, -0.15) is 0 Å². The molecule has 120 valence electrons. The van der Waals surface area contributed by atoms with Crippen LogP contribution in [0.2, 0.25) is 0 Å².